The van der Waals surface area contributed by atoms with Crippen molar-refractivity contribution in [2.45, 2.75) is 0 Å². The molecule has 0 radical (unpaired) electrons. The fourth-order valence-electron chi connectivity index (χ4n) is 0.734. The van der Waals surface area contributed by atoms with Crippen molar-refractivity contribution in [2.75, 3.05) is 7.11 Å². The van der Waals surface area contributed by atoms with Crippen LogP contribution >= 0.6 is 0 Å². The van der Waals surface area contributed by atoms with Gasteiger partial charge in [-0.15, -0.1) is 0 Å². The van der Waals surface area contributed by atoms with Gasteiger partial charge in [0.15, 0.2) is 0 Å². The lowest BCUT2D eigenvalue weighted by molar-refractivity contribution is 0.321. The lowest BCUT2D eigenvalue weighted by atomic mass is 10.3. The minimum atomic E-state index is 0.449. The Labute approximate surface area is 64.1 Å². The molecule has 0 fully saturated rings. The minimum Gasteiger partial charge on any atom is -0.481 e. The highest BCUT2D eigenvalue weighted by atomic mass is 16.5. The maximum absolute atomic E-state index is 8.23. The first-order valence-electron chi connectivity index (χ1n) is 3.05. The van der Waals surface area contributed by atoms with E-state index in [2.05, 4.69) is 10.1 Å². The molecule has 0 saturated carbocycles. The van der Waals surface area contributed by atoms with Gasteiger partial charge in [-0.1, -0.05) is 5.16 Å². The Balaban J connectivity index is 3.02. The van der Waals surface area contributed by atoms with Crippen LogP contribution in [0, 0.1) is 0 Å². The first kappa shape index (κ1) is 7.53. The highest BCUT2D eigenvalue weighted by molar-refractivity contribution is 5.81. The van der Waals surface area contributed by atoms with Crippen molar-refractivity contribution in [1.82, 2.24) is 4.98 Å². The molecule has 0 aliphatic heterocycles. The molecule has 0 aromatic carbocycles. The highest BCUT2D eigenvalue weighted by Crippen LogP contribution is 2.09. The molecule has 1 heterocycles. The molecule has 4 nitrogen and oxygen atoms in total. The molecule has 1 aromatic heterocycles. The monoisotopic (exact) mass is 152 g/mol. The predicted octanol–water partition coefficient (Wildman–Crippen LogP) is 0.898. The summed E-state index contributed by atoms with van der Waals surface area (Å²) in [6.45, 7) is 0. The van der Waals surface area contributed by atoms with Crippen molar-refractivity contribution in [3.05, 3.63) is 23.9 Å². The molecule has 0 bridgehead atoms. The van der Waals surface area contributed by atoms with Gasteiger partial charge in [0.2, 0.25) is 5.88 Å². The van der Waals surface area contributed by atoms with E-state index >= 15 is 0 Å². The third-order valence-corrected chi connectivity index (χ3v) is 1.19. The maximum Gasteiger partial charge on any atom is 0.222 e. The van der Waals surface area contributed by atoms with Gasteiger partial charge in [0, 0.05) is 6.20 Å². The smallest absolute Gasteiger partial charge is 0.222 e. The van der Waals surface area contributed by atoms with Gasteiger partial charge in [-0.25, -0.2) is 4.98 Å². The number of ether oxygens (including phenoxy) is 1. The number of nitrogens with zero attached hydrogens (tertiary/aromatic N) is 2. The zero-order valence-electron chi connectivity index (χ0n) is 6.06. The molecule has 1 N–H and O–H groups in total. The van der Waals surface area contributed by atoms with Crippen molar-refractivity contribution in [3.63, 3.8) is 0 Å². The molecular formula is C7H8N2O2. The Morgan fingerprint density at radius 3 is 3.18 bits per heavy atom. The van der Waals surface area contributed by atoms with E-state index in [1.165, 1.54) is 13.3 Å². The topological polar surface area (TPSA) is 54.7 Å². The molecule has 0 amide bonds. The summed E-state index contributed by atoms with van der Waals surface area (Å²) >= 11 is 0. The number of aromatic nitrogens is 1. The Morgan fingerprint density at radius 2 is 2.55 bits per heavy atom. The Bertz CT molecular complexity index is 260. The van der Waals surface area contributed by atoms with Crippen LogP contribution in [0.2, 0.25) is 0 Å². The van der Waals surface area contributed by atoms with Crippen molar-refractivity contribution in [1.29, 1.82) is 0 Å². The second-order valence-corrected chi connectivity index (χ2v) is 1.85. The van der Waals surface area contributed by atoms with Gasteiger partial charge in [0.25, 0.3) is 0 Å². The quantitative estimate of drug-likeness (QED) is 0.389. The molecule has 58 valence electrons. The van der Waals surface area contributed by atoms with E-state index in [4.69, 9.17) is 9.94 Å². The van der Waals surface area contributed by atoms with Crippen LogP contribution in [0.15, 0.2) is 23.5 Å². The number of hydrogen-bond donors (Lipinski definition) is 1. The third-order valence-electron chi connectivity index (χ3n) is 1.19. The van der Waals surface area contributed by atoms with E-state index in [9.17, 15) is 0 Å². The summed E-state index contributed by atoms with van der Waals surface area (Å²) in [5.41, 5.74) is 0.650. The predicted molar refractivity (Wildman–Crippen MR) is 40.2 cm³/mol. The minimum absolute atomic E-state index is 0.449. The molecule has 0 unspecified atom stereocenters. The third kappa shape index (κ3) is 1.67. The first-order valence-corrected chi connectivity index (χ1v) is 3.05. The van der Waals surface area contributed by atoms with Crippen LogP contribution in [-0.2, 0) is 0 Å². The van der Waals surface area contributed by atoms with Crippen molar-refractivity contribution in [3.8, 4) is 5.88 Å². The molecular weight excluding hydrogens is 144 g/mol. The summed E-state index contributed by atoms with van der Waals surface area (Å²) in [6, 6.07) is 3.48. The van der Waals surface area contributed by atoms with E-state index in [-0.39, 0.29) is 0 Å². The summed E-state index contributed by atoms with van der Waals surface area (Å²) in [4.78, 5) is 3.89. The van der Waals surface area contributed by atoms with Gasteiger partial charge in [0.05, 0.1) is 18.9 Å². The zero-order chi connectivity index (χ0) is 8.10. The second-order valence-electron chi connectivity index (χ2n) is 1.85. The number of hydrogen-bond acceptors (Lipinski definition) is 4. The lowest BCUT2D eigenvalue weighted by Crippen LogP contribution is -1.92. The summed E-state index contributed by atoms with van der Waals surface area (Å²) in [5.74, 6) is 0.449. The Morgan fingerprint density at radius 1 is 1.73 bits per heavy atom. The standard InChI is InChI=1S/C7H8N2O2/c1-11-7-6(5-9-10)3-2-4-8-7/h2-5,10H,1H3. The summed E-state index contributed by atoms with van der Waals surface area (Å²) in [5, 5.41) is 11.1. The van der Waals surface area contributed by atoms with Crippen molar-refractivity contribution in [2.24, 2.45) is 5.16 Å². The molecule has 1 rings (SSSR count). The molecule has 4 heteroatoms. The summed E-state index contributed by atoms with van der Waals surface area (Å²) in [7, 11) is 1.51. The number of rotatable bonds is 2. The molecule has 1 aromatic rings. The average Bonchev–Trinajstić information content (AvgIpc) is 2.06. The van der Waals surface area contributed by atoms with Gasteiger partial charge in [-0.2, -0.15) is 0 Å². The molecule has 0 atom stereocenters. The van der Waals surface area contributed by atoms with Crippen LogP contribution in [-0.4, -0.2) is 23.5 Å². The number of methoxy groups -OCH3 is 1. The first-order chi connectivity index (χ1) is 5.38. The van der Waals surface area contributed by atoms with Gasteiger partial charge < -0.3 is 9.94 Å². The Hall–Kier alpha value is -1.58. The van der Waals surface area contributed by atoms with E-state index in [1.54, 1.807) is 18.3 Å². The van der Waals surface area contributed by atoms with Crippen LogP contribution in [0.3, 0.4) is 0 Å². The van der Waals surface area contributed by atoms with Crippen molar-refractivity contribution < 1.29 is 9.94 Å². The van der Waals surface area contributed by atoms with Gasteiger partial charge in [-0.05, 0) is 12.1 Å². The maximum atomic E-state index is 8.23. The van der Waals surface area contributed by atoms with Crippen molar-refractivity contribution >= 4 is 6.21 Å². The second kappa shape index (κ2) is 3.55. The number of pyridine rings is 1. The van der Waals surface area contributed by atoms with E-state index in [0.717, 1.165) is 0 Å². The molecule has 11 heavy (non-hydrogen) atoms. The van der Waals surface area contributed by atoms with Crippen LogP contribution in [0.1, 0.15) is 5.56 Å². The lowest BCUT2D eigenvalue weighted by Gasteiger charge is -1.99. The average molecular weight is 152 g/mol. The van der Waals surface area contributed by atoms with Crippen LogP contribution in [0.5, 0.6) is 5.88 Å². The number of oxime groups is 1. The summed E-state index contributed by atoms with van der Waals surface area (Å²) < 4.78 is 4.88. The van der Waals surface area contributed by atoms with Crippen LogP contribution < -0.4 is 4.74 Å². The molecule has 0 aliphatic carbocycles. The van der Waals surface area contributed by atoms with Crippen LogP contribution in [0.4, 0.5) is 0 Å². The molecule has 0 spiro atoms. The van der Waals surface area contributed by atoms with E-state index in [1.807, 2.05) is 0 Å². The fourth-order valence-corrected chi connectivity index (χ4v) is 0.734. The van der Waals surface area contributed by atoms with Gasteiger partial charge in [-0.3, -0.25) is 0 Å². The molecule has 0 saturated heterocycles. The SMILES string of the molecule is COc1ncccc1C=NO. The normalized spacial score (nSPS) is 10.3. The van der Waals surface area contributed by atoms with Gasteiger partial charge >= 0.3 is 0 Å². The van der Waals surface area contributed by atoms with E-state index < -0.39 is 0 Å². The fraction of sp³-hybridized carbons (Fsp3) is 0.143. The molecule has 0 aliphatic rings. The van der Waals surface area contributed by atoms with Gasteiger partial charge in [0.1, 0.15) is 0 Å². The zero-order valence-corrected chi connectivity index (χ0v) is 6.06. The largest absolute Gasteiger partial charge is 0.481 e. The Kier molecular flexibility index (Phi) is 2.43. The summed E-state index contributed by atoms with van der Waals surface area (Å²) in [6.07, 6.45) is 2.87. The highest BCUT2D eigenvalue weighted by Gasteiger charge is 1.97. The van der Waals surface area contributed by atoms with E-state index in [0.29, 0.717) is 11.4 Å². The van der Waals surface area contributed by atoms with Crippen LogP contribution in [0.25, 0.3) is 0 Å².